The van der Waals surface area contributed by atoms with Crippen LogP contribution >= 0.6 is 22.2 Å². The molecule has 0 spiro atoms. The summed E-state index contributed by atoms with van der Waals surface area (Å²) >= 11 is 6.32. The van der Waals surface area contributed by atoms with Crippen LogP contribution in [0.1, 0.15) is 0 Å². The van der Waals surface area contributed by atoms with Gasteiger partial charge in [0.2, 0.25) is 0 Å². The van der Waals surface area contributed by atoms with Gasteiger partial charge in [0, 0.05) is 30.5 Å². The van der Waals surface area contributed by atoms with Crippen LogP contribution in [0.25, 0.3) is 27.8 Å². The van der Waals surface area contributed by atoms with E-state index in [1.807, 2.05) is 17.0 Å². The molecular weight excluding hydrogens is 474 g/mol. The Kier molecular flexibility index (Phi) is 5.40. The first-order chi connectivity index (χ1) is 15.7. The van der Waals surface area contributed by atoms with Crippen molar-refractivity contribution in [1.29, 1.82) is 0 Å². The summed E-state index contributed by atoms with van der Waals surface area (Å²) < 4.78 is 49.8. The number of nitrogens with one attached hydrogen (secondary N) is 1. The van der Waals surface area contributed by atoms with Crippen molar-refractivity contribution >= 4 is 38.8 Å². The number of halogens is 3. The number of hydrogen-bond acceptors (Lipinski definition) is 5. The maximum atomic E-state index is 14.6. The average molecular weight is 493 g/mol. The fraction of sp³-hybridized carbons (Fsp3) is 0.182. The molecule has 1 saturated heterocycles. The fourth-order valence-corrected chi connectivity index (χ4v) is 5.45. The molecule has 172 valence electrons. The molecular formula is C22H19ClF2N4O3S. The number of pyridine rings is 1. The van der Waals surface area contributed by atoms with Crippen molar-refractivity contribution in [2.45, 2.75) is 0 Å². The van der Waals surface area contributed by atoms with Gasteiger partial charge >= 0.3 is 0 Å². The largest absolute Gasteiger partial charge is 0.368 e. The van der Waals surface area contributed by atoms with Crippen LogP contribution in [0.5, 0.6) is 0 Å². The van der Waals surface area contributed by atoms with E-state index in [0.29, 0.717) is 30.2 Å². The zero-order valence-electron chi connectivity index (χ0n) is 17.1. The summed E-state index contributed by atoms with van der Waals surface area (Å²) in [7, 11) is -2.51. The standard InChI is InChI=1S/C22H19ClF2N4O3S/c23-15-12-26-22(30)18-19(27-29(20(15)18)21-16(24)2-1-3-17(21)25)13-4-6-14(7-5-13)28-8-10-33(31,32)11-9-28/h1-7,12,31-32H,8-11H2,(H,26,30). The quantitative estimate of drug-likeness (QED) is 0.379. The van der Waals surface area contributed by atoms with Crippen molar-refractivity contribution in [3.63, 3.8) is 0 Å². The van der Waals surface area contributed by atoms with E-state index in [1.165, 1.54) is 12.3 Å². The van der Waals surface area contributed by atoms with Gasteiger partial charge in [-0.1, -0.05) is 29.8 Å². The van der Waals surface area contributed by atoms with Gasteiger partial charge in [-0.2, -0.15) is 15.7 Å². The Hall–Kier alpha value is -2.92. The van der Waals surface area contributed by atoms with Crippen LogP contribution in [0.4, 0.5) is 14.5 Å². The maximum Gasteiger partial charge on any atom is 0.259 e. The number of aromatic amines is 1. The molecule has 1 aliphatic rings. The van der Waals surface area contributed by atoms with Gasteiger partial charge in [-0.3, -0.25) is 13.9 Å². The molecule has 0 atom stereocenters. The Morgan fingerprint density at radius 1 is 1.03 bits per heavy atom. The number of H-pyrrole nitrogens is 1. The summed E-state index contributed by atoms with van der Waals surface area (Å²) in [4.78, 5) is 17.3. The van der Waals surface area contributed by atoms with Gasteiger partial charge < -0.3 is 9.88 Å². The van der Waals surface area contributed by atoms with E-state index in [2.05, 4.69) is 10.1 Å². The first-order valence-electron chi connectivity index (χ1n) is 10.1. The first kappa shape index (κ1) is 21.9. The second kappa shape index (κ2) is 8.14. The zero-order valence-corrected chi connectivity index (χ0v) is 18.7. The molecule has 5 rings (SSSR count). The Morgan fingerprint density at radius 2 is 1.67 bits per heavy atom. The molecule has 2 aromatic heterocycles. The molecule has 1 fully saturated rings. The number of fused-ring (bicyclic) bond motifs is 1. The predicted molar refractivity (Wildman–Crippen MR) is 127 cm³/mol. The predicted octanol–water partition coefficient (Wildman–Crippen LogP) is 4.88. The number of hydrogen-bond donors (Lipinski definition) is 3. The van der Waals surface area contributed by atoms with E-state index in [0.717, 1.165) is 22.5 Å². The number of anilines is 1. The summed E-state index contributed by atoms with van der Waals surface area (Å²) in [6.45, 7) is 1.03. The van der Waals surface area contributed by atoms with Gasteiger partial charge in [0.25, 0.3) is 5.56 Å². The molecule has 1 aliphatic heterocycles. The summed E-state index contributed by atoms with van der Waals surface area (Å²) in [5.41, 5.74) is 0.862. The van der Waals surface area contributed by atoms with Crippen molar-refractivity contribution in [3.05, 3.63) is 75.7 Å². The number of benzene rings is 2. The second-order valence-electron chi connectivity index (χ2n) is 7.76. The van der Waals surface area contributed by atoms with Gasteiger partial charge in [-0.05, 0) is 24.3 Å². The van der Waals surface area contributed by atoms with Gasteiger partial charge in [0.1, 0.15) is 16.9 Å². The van der Waals surface area contributed by atoms with Gasteiger partial charge in [0.15, 0.2) is 11.6 Å². The molecule has 33 heavy (non-hydrogen) atoms. The summed E-state index contributed by atoms with van der Waals surface area (Å²) in [6, 6.07) is 10.6. The highest BCUT2D eigenvalue weighted by molar-refractivity contribution is 8.24. The molecule has 2 aromatic carbocycles. The van der Waals surface area contributed by atoms with E-state index in [4.69, 9.17) is 11.6 Å². The lowest BCUT2D eigenvalue weighted by Crippen LogP contribution is -2.38. The van der Waals surface area contributed by atoms with Crippen LogP contribution in [0, 0.1) is 11.6 Å². The Bertz CT molecular complexity index is 1390. The minimum atomic E-state index is -2.51. The van der Waals surface area contributed by atoms with E-state index in [1.54, 1.807) is 12.1 Å². The zero-order chi connectivity index (χ0) is 23.3. The number of nitrogens with zero attached hydrogens (tertiary/aromatic N) is 3. The van der Waals surface area contributed by atoms with Crippen molar-refractivity contribution in [1.82, 2.24) is 14.8 Å². The third-order valence-electron chi connectivity index (χ3n) is 5.70. The molecule has 4 aromatic rings. The topological polar surface area (TPSA) is 94.4 Å². The Balaban J connectivity index is 1.62. The van der Waals surface area contributed by atoms with Crippen molar-refractivity contribution in [3.8, 4) is 16.9 Å². The number of rotatable bonds is 3. The highest BCUT2D eigenvalue weighted by Crippen LogP contribution is 2.41. The van der Waals surface area contributed by atoms with Crippen LogP contribution < -0.4 is 10.5 Å². The summed E-state index contributed by atoms with van der Waals surface area (Å²) in [5, 5.41) is 4.60. The molecule has 3 heterocycles. The van der Waals surface area contributed by atoms with Crippen LogP contribution in [-0.4, -0.2) is 48.5 Å². The third-order valence-corrected chi connectivity index (χ3v) is 7.66. The smallest absolute Gasteiger partial charge is 0.259 e. The van der Waals surface area contributed by atoms with Gasteiger partial charge in [-0.25, -0.2) is 13.5 Å². The molecule has 7 nitrogen and oxygen atoms in total. The van der Waals surface area contributed by atoms with E-state index in [-0.39, 0.29) is 21.6 Å². The van der Waals surface area contributed by atoms with Gasteiger partial charge in [0.05, 0.1) is 21.9 Å². The molecule has 11 heteroatoms. The van der Waals surface area contributed by atoms with E-state index in [9.17, 15) is 22.7 Å². The fourth-order valence-electron chi connectivity index (χ4n) is 3.99. The third kappa shape index (κ3) is 3.89. The van der Waals surface area contributed by atoms with Crippen molar-refractivity contribution in [2.75, 3.05) is 29.5 Å². The monoisotopic (exact) mass is 492 g/mol. The van der Waals surface area contributed by atoms with Crippen molar-refractivity contribution < 1.29 is 17.9 Å². The van der Waals surface area contributed by atoms with Crippen LogP contribution in [0.2, 0.25) is 5.02 Å². The number of aromatic nitrogens is 3. The maximum absolute atomic E-state index is 14.6. The minimum Gasteiger partial charge on any atom is -0.368 e. The molecule has 3 N–H and O–H groups in total. The highest BCUT2D eigenvalue weighted by Gasteiger charge is 2.24. The minimum absolute atomic E-state index is 0.0925. The van der Waals surface area contributed by atoms with Crippen LogP contribution in [0.15, 0.2) is 53.5 Å². The lowest BCUT2D eigenvalue weighted by molar-refractivity contribution is 0.479. The molecule has 0 saturated carbocycles. The SMILES string of the molecule is O=c1[nH]cc(Cl)c2c1c(-c1ccc(N3CCS(O)(O)CC3)cc1)nn2-c1c(F)cccc1F. The summed E-state index contributed by atoms with van der Waals surface area (Å²) in [5.74, 6) is -1.06. The summed E-state index contributed by atoms with van der Waals surface area (Å²) in [6.07, 6.45) is 1.26. The van der Waals surface area contributed by atoms with E-state index >= 15 is 0 Å². The highest BCUT2D eigenvalue weighted by atomic mass is 35.5. The van der Waals surface area contributed by atoms with Crippen LogP contribution in [-0.2, 0) is 0 Å². The van der Waals surface area contributed by atoms with Crippen molar-refractivity contribution in [2.24, 2.45) is 0 Å². The van der Waals surface area contributed by atoms with E-state index < -0.39 is 33.5 Å². The van der Waals surface area contributed by atoms with Gasteiger partial charge in [-0.15, -0.1) is 0 Å². The molecule has 0 aliphatic carbocycles. The number of para-hydroxylation sites is 1. The molecule has 0 bridgehead atoms. The van der Waals surface area contributed by atoms with Crippen LogP contribution in [0.3, 0.4) is 0 Å². The Labute approximate surface area is 193 Å². The normalized spacial score (nSPS) is 16.8. The molecule has 0 amide bonds. The second-order valence-corrected chi connectivity index (χ2v) is 10.6. The lowest BCUT2D eigenvalue weighted by Gasteiger charge is -2.41. The molecule has 0 unspecified atom stereocenters. The lowest BCUT2D eigenvalue weighted by atomic mass is 10.1. The Morgan fingerprint density at radius 3 is 2.30 bits per heavy atom. The first-order valence-corrected chi connectivity index (χ1v) is 12.3. The average Bonchev–Trinajstić information content (AvgIpc) is 3.18. The molecule has 0 radical (unpaired) electrons.